The number of halogens is 4. The lowest BCUT2D eigenvalue weighted by molar-refractivity contribution is -0.139. The Morgan fingerprint density at radius 3 is 2.54 bits per heavy atom. The van der Waals surface area contributed by atoms with E-state index in [0.717, 1.165) is 29.9 Å². The molecule has 2 aliphatic rings. The van der Waals surface area contributed by atoms with Crippen LogP contribution in [-0.4, -0.2) is 34.3 Å². The smallest absolute Gasteiger partial charge is 0.350 e. The Balaban J connectivity index is 1.71. The third-order valence-electron chi connectivity index (χ3n) is 5.25. The van der Waals surface area contributed by atoms with E-state index in [0.29, 0.717) is 18.9 Å². The van der Waals surface area contributed by atoms with Crippen molar-refractivity contribution in [2.45, 2.75) is 56.9 Å². The molecule has 1 aromatic rings. The maximum absolute atomic E-state index is 13.2. The second kappa shape index (κ2) is 7.06. The number of urea groups is 1. The summed E-state index contributed by atoms with van der Waals surface area (Å²) in [6.45, 7) is 0.809. The van der Waals surface area contributed by atoms with Crippen molar-refractivity contribution in [3.63, 3.8) is 0 Å². The highest BCUT2D eigenvalue weighted by Gasteiger charge is 2.54. The third kappa shape index (κ3) is 3.55. The molecule has 1 atom stereocenters. The zero-order valence-corrected chi connectivity index (χ0v) is 15.0. The second-order valence-corrected chi connectivity index (χ2v) is 7.09. The number of carbonyl (C=O) groups is 3. The van der Waals surface area contributed by atoms with Gasteiger partial charge in [-0.3, -0.25) is 9.59 Å². The van der Waals surface area contributed by atoms with Gasteiger partial charge in [-0.1, -0.05) is 18.9 Å². The molecule has 1 aromatic carbocycles. The molecule has 1 unspecified atom stereocenters. The quantitative estimate of drug-likeness (QED) is 0.602. The standard InChI is InChI=1S/C18H19F4N3O3/c1-10(25-15(27)17(24-16(25)28)6-2-3-7-17)14(26)23-9-11-4-5-12(19)8-13(11)18(20,21)22/h4-5,8,10H,2-3,6-7,9H2,1H3,(H,23,26)(H,24,28). The van der Waals surface area contributed by atoms with Crippen molar-refractivity contribution in [2.75, 3.05) is 0 Å². The number of carbonyl (C=O) groups excluding carboxylic acids is 3. The summed E-state index contributed by atoms with van der Waals surface area (Å²) in [5.41, 5.74) is -2.49. The van der Waals surface area contributed by atoms with Crippen molar-refractivity contribution in [1.82, 2.24) is 15.5 Å². The third-order valence-corrected chi connectivity index (χ3v) is 5.25. The van der Waals surface area contributed by atoms with Crippen LogP contribution in [0.4, 0.5) is 22.4 Å². The molecule has 1 spiro atoms. The fraction of sp³-hybridized carbons (Fsp3) is 0.500. The first-order valence-electron chi connectivity index (χ1n) is 8.84. The summed E-state index contributed by atoms with van der Waals surface area (Å²) in [6.07, 6.45) is -2.23. The van der Waals surface area contributed by atoms with Crippen LogP contribution >= 0.6 is 0 Å². The normalized spacial score (nSPS) is 19.8. The van der Waals surface area contributed by atoms with Gasteiger partial charge < -0.3 is 10.6 Å². The van der Waals surface area contributed by atoms with E-state index in [9.17, 15) is 31.9 Å². The number of imide groups is 1. The van der Waals surface area contributed by atoms with Gasteiger partial charge in [0, 0.05) is 6.54 Å². The maximum Gasteiger partial charge on any atom is 0.416 e. The van der Waals surface area contributed by atoms with Crippen LogP contribution in [0.1, 0.15) is 43.7 Å². The first-order chi connectivity index (χ1) is 13.0. The highest BCUT2D eigenvalue weighted by molar-refractivity contribution is 6.09. The van der Waals surface area contributed by atoms with E-state index in [1.807, 2.05) is 0 Å². The minimum atomic E-state index is -4.78. The summed E-state index contributed by atoms with van der Waals surface area (Å²) in [5, 5.41) is 4.93. The van der Waals surface area contributed by atoms with E-state index in [4.69, 9.17) is 0 Å². The first-order valence-corrected chi connectivity index (χ1v) is 8.84. The fourth-order valence-electron chi connectivity index (χ4n) is 3.72. The monoisotopic (exact) mass is 401 g/mol. The largest absolute Gasteiger partial charge is 0.416 e. The van der Waals surface area contributed by atoms with Gasteiger partial charge in [-0.05, 0) is 37.5 Å². The van der Waals surface area contributed by atoms with Gasteiger partial charge in [0.2, 0.25) is 5.91 Å². The molecule has 0 bridgehead atoms. The van der Waals surface area contributed by atoms with Crippen LogP contribution in [0.2, 0.25) is 0 Å². The molecular formula is C18H19F4N3O3. The highest BCUT2D eigenvalue weighted by Crippen LogP contribution is 2.36. The number of rotatable bonds is 4. The lowest BCUT2D eigenvalue weighted by Gasteiger charge is -2.23. The molecule has 152 valence electrons. The number of nitrogens with zero attached hydrogens (tertiary/aromatic N) is 1. The van der Waals surface area contributed by atoms with Crippen LogP contribution < -0.4 is 10.6 Å². The Morgan fingerprint density at radius 2 is 1.93 bits per heavy atom. The van der Waals surface area contributed by atoms with Crippen LogP contribution in [0.15, 0.2) is 18.2 Å². The zero-order chi connectivity index (χ0) is 20.7. The second-order valence-electron chi connectivity index (χ2n) is 7.09. The van der Waals surface area contributed by atoms with Crippen molar-refractivity contribution in [2.24, 2.45) is 0 Å². The van der Waals surface area contributed by atoms with Gasteiger partial charge in [-0.15, -0.1) is 0 Å². The molecule has 1 saturated carbocycles. The Bertz CT molecular complexity index is 819. The summed E-state index contributed by atoms with van der Waals surface area (Å²) in [6, 6.07) is 0.271. The predicted octanol–water partition coefficient (Wildman–Crippen LogP) is 2.71. The summed E-state index contributed by atoms with van der Waals surface area (Å²) < 4.78 is 52.3. The molecule has 28 heavy (non-hydrogen) atoms. The van der Waals surface area contributed by atoms with Gasteiger partial charge in [-0.25, -0.2) is 14.1 Å². The van der Waals surface area contributed by atoms with E-state index >= 15 is 0 Å². The molecule has 0 aromatic heterocycles. The predicted molar refractivity (Wildman–Crippen MR) is 89.3 cm³/mol. The molecule has 6 nitrogen and oxygen atoms in total. The highest BCUT2D eigenvalue weighted by atomic mass is 19.4. The van der Waals surface area contributed by atoms with Crippen molar-refractivity contribution < 1.29 is 31.9 Å². The summed E-state index contributed by atoms with van der Waals surface area (Å²) in [7, 11) is 0. The number of alkyl halides is 3. The van der Waals surface area contributed by atoms with E-state index in [-0.39, 0.29) is 5.56 Å². The van der Waals surface area contributed by atoms with Gasteiger partial charge in [0.25, 0.3) is 5.91 Å². The van der Waals surface area contributed by atoms with Crippen LogP contribution in [0.3, 0.4) is 0 Å². The number of hydrogen-bond donors (Lipinski definition) is 2. The van der Waals surface area contributed by atoms with Crippen molar-refractivity contribution >= 4 is 17.8 Å². The molecule has 1 saturated heterocycles. The van der Waals surface area contributed by atoms with Crippen molar-refractivity contribution in [3.8, 4) is 0 Å². The lowest BCUT2D eigenvalue weighted by atomic mass is 9.97. The van der Waals surface area contributed by atoms with Gasteiger partial charge in [-0.2, -0.15) is 13.2 Å². The molecule has 10 heteroatoms. The average Bonchev–Trinajstić information content (AvgIpc) is 3.17. The van der Waals surface area contributed by atoms with Gasteiger partial charge in [0.15, 0.2) is 0 Å². The van der Waals surface area contributed by atoms with Crippen LogP contribution in [0.5, 0.6) is 0 Å². The van der Waals surface area contributed by atoms with E-state index in [2.05, 4.69) is 10.6 Å². The number of amides is 4. The fourth-order valence-corrected chi connectivity index (χ4v) is 3.72. The molecule has 4 amide bonds. The molecule has 3 rings (SSSR count). The van der Waals surface area contributed by atoms with Crippen LogP contribution in [-0.2, 0) is 22.3 Å². The number of hydrogen-bond acceptors (Lipinski definition) is 3. The number of nitrogens with one attached hydrogen (secondary N) is 2. The van der Waals surface area contributed by atoms with Gasteiger partial charge in [0.1, 0.15) is 17.4 Å². The van der Waals surface area contributed by atoms with Gasteiger partial charge in [0.05, 0.1) is 5.56 Å². The topological polar surface area (TPSA) is 78.5 Å². The van der Waals surface area contributed by atoms with Crippen LogP contribution in [0, 0.1) is 5.82 Å². The van der Waals surface area contributed by atoms with Crippen LogP contribution in [0.25, 0.3) is 0 Å². The van der Waals surface area contributed by atoms with E-state index in [1.165, 1.54) is 6.92 Å². The maximum atomic E-state index is 13.2. The Hall–Kier alpha value is -2.65. The number of benzene rings is 1. The Kier molecular flexibility index (Phi) is 5.07. The Labute approximate surface area is 158 Å². The van der Waals surface area contributed by atoms with Gasteiger partial charge >= 0.3 is 12.2 Å². The van der Waals surface area contributed by atoms with Crippen molar-refractivity contribution in [3.05, 3.63) is 35.1 Å². The van der Waals surface area contributed by atoms with E-state index < -0.39 is 53.5 Å². The molecule has 2 fully saturated rings. The lowest BCUT2D eigenvalue weighted by Crippen LogP contribution is -2.49. The van der Waals surface area contributed by atoms with Crippen molar-refractivity contribution in [1.29, 1.82) is 0 Å². The van der Waals surface area contributed by atoms with E-state index in [1.54, 1.807) is 0 Å². The molecular weight excluding hydrogens is 382 g/mol. The molecule has 1 aliphatic heterocycles. The molecule has 1 aliphatic carbocycles. The molecule has 0 radical (unpaired) electrons. The minimum absolute atomic E-state index is 0.320. The summed E-state index contributed by atoms with van der Waals surface area (Å²) in [4.78, 5) is 38.1. The SMILES string of the molecule is CC(C(=O)NCc1ccc(F)cc1C(F)(F)F)N1C(=O)NC2(CCCC2)C1=O. The molecule has 1 heterocycles. The average molecular weight is 401 g/mol. The Morgan fingerprint density at radius 1 is 1.29 bits per heavy atom. The first kappa shape index (κ1) is 20.1. The molecule has 2 N–H and O–H groups in total. The minimum Gasteiger partial charge on any atom is -0.350 e. The zero-order valence-electron chi connectivity index (χ0n) is 15.0. The summed E-state index contributed by atoms with van der Waals surface area (Å²) in [5.74, 6) is -2.32. The summed E-state index contributed by atoms with van der Waals surface area (Å²) >= 11 is 0.